The third-order valence-corrected chi connectivity index (χ3v) is 6.68. The minimum Gasteiger partial charge on any atom is -0.459 e. The summed E-state index contributed by atoms with van der Waals surface area (Å²) >= 11 is 1.58. The molecule has 1 fully saturated rings. The second-order valence-corrected chi connectivity index (χ2v) is 9.07. The zero-order chi connectivity index (χ0) is 18.5. The van der Waals surface area contributed by atoms with Crippen LogP contribution in [0.2, 0.25) is 0 Å². The molecule has 0 spiro atoms. The van der Waals surface area contributed by atoms with Crippen molar-refractivity contribution in [1.82, 2.24) is 0 Å². The van der Waals surface area contributed by atoms with Gasteiger partial charge in [0.05, 0.1) is 11.7 Å². The molecule has 5 heteroatoms. The van der Waals surface area contributed by atoms with Crippen LogP contribution in [-0.4, -0.2) is 18.0 Å². The van der Waals surface area contributed by atoms with Crippen LogP contribution in [0.5, 0.6) is 0 Å². The average molecular weight is 378 g/mol. The lowest BCUT2D eigenvalue weighted by Gasteiger charge is -2.12. The highest BCUT2D eigenvalue weighted by molar-refractivity contribution is 7.17. The van der Waals surface area contributed by atoms with Gasteiger partial charge in [0.15, 0.2) is 0 Å². The lowest BCUT2D eigenvalue weighted by molar-refractivity contribution is -0.116. The molecule has 4 nitrogen and oxygen atoms in total. The van der Waals surface area contributed by atoms with Crippen LogP contribution in [0.3, 0.4) is 0 Å². The molecule has 1 N–H and O–H groups in total. The van der Waals surface area contributed by atoms with Crippen molar-refractivity contribution in [3.63, 3.8) is 0 Å². The van der Waals surface area contributed by atoms with E-state index in [1.807, 2.05) is 13.8 Å². The summed E-state index contributed by atoms with van der Waals surface area (Å²) in [4.78, 5) is 26.4. The normalized spacial score (nSPS) is 17.8. The molecule has 0 aliphatic heterocycles. The molecular weight excluding hydrogens is 346 g/mol. The first kappa shape index (κ1) is 19.4. The number of carbonyl (C=O) groups excluding carboxylic acids is 2. The van der Waals surface area contributed by atoms with Crippen molar-refractivity contribution < 1.29 is 14.3 Å². The molecule has 1 aromatic heterocycles. The zero-order valence-corrected chi connectivity index (χ0v) is 16.9. The van der Waals surface area contributed by atoms with Gasteiger partial charge in [-0.05, 0) is 57.4 Å². The van der Waals surface area contributed by atoms with E-state index < -0.39 is 0 Å². The number of hydrogen-bond donors (Lipinski definition) is 1. The minimum absolute atomic E-state index is 0.0342. The fourth-order valence-electron chi connectivity index (χ4n) is 4.14. The first-order valence-corrected chi connectivity index (χ1v) is 11.0. The number of ether oxygens (including phenoxy) is 1. The lowest BCUT2D eigenvalue weighted by Crippen LogP contribution is -2.17. The quantitative estimate of drug-likeness (QED) is 0.527. The van der Waals surface area contributed by atoms with Crippen LogP contribution in [-0.2, 0) is 22.4 Å². The van der Waals surface area contributed by atoms with E-state index in [1.54, 1.807) is 11.3 Å². The molecule has 2 aliphatic carbocycles. The topological polar surface area (TPSA) is 55.4 Å². The summed E-state index contributed by atoms with van der Waals surface area (Å²) < 4.78 is 5.48. The fourth-order valence-corrected chi connectivity index (χ4v) is 5.44. The average Bonchev–Trinajstić information content (AvgIpc) is 3.15. The van der Waals surface area contributed by atoms with Crippen molar-refractivity contribution in [3.8, 4) is 0 Å². The van der Waals surface area contributed by atoms with E-state index in [1.165, 1.54) is 37.0 Å². The summed E-state index contributed by atoms with van der Waals surface area (Å²) in [5.41, 5.74) is 1.74. The van der Waals surface area contributed by atoms with Crippen LogP contribution < -0.4 is 5.32 Å². The third kappa shape index (κ3) is 4.87. The first-order valence-electron chi connectivity index (χ1n) is 10.2. The van der Waals surface area contributed by atoms with Crippen LogP contribution in [0.4, 0.5) is 5.00 Å². The van der Waals surface area contributed by atoms with Gasteiger partial charge in [-0.25, -0.2) is 4.79 Å². The molecule has 0 aromatic carbocycles. The largest absolute Gasteiger partial charge is 0.459 e. The highest BCUT2D eigenvalue weighted by Gasteiger charge is 2.27. The Morgan fingerprint density at radius 3 is 2.58 bits per heavy atom. The Morgan fingerprint density at radius 2 is 1.85 bits per heavy atom. The van der Waals surface area contributed by atoms with E-state index in [2.05, 4.69) is 5.32 Å². The number of fused-ring (bicyclic) bond motifs is 1. The van der Waals surface area contributed by atoms with Gasteiger partial charge >= 0.3 is 5.97 Å². The van der Waals surface area contributed by atoms with Crippen LogP contribution >= 0.6 is 11.3 Å². The second kappa shape index (κ2) is 9.03. The number of carbonyl (C=O) groups is 2. The Hall–Kier alpha value is -1.36. The van der Waals surface area contributed by atoms with Crippen molar-refractivity contribution in [2.24, 2.45) is 5.92 Å². The monoisotopic (exact) mass is 377 g/mol. The molecule has 0 atom stereocenters. The van der Waals surface area contributed by atoms with E-state index in [0.29, 0.717) is 22.9 Å². The molecule has 0 bridgehead atoms. The van der Waals surface area contributed by atoms with Gasteiger partial charge in [-0.2, -0.15) is 0 Å². The number of thiophene rings is 1. The molecule has 1 saturated carbocycles. The maximum Gasteiger partial charge on any atom is 0.341 e. The molecule has 3 rings (SSSR count). The summed E-state index contributed by atoms with van der Waals surface area (Å²) in [5, 5.41) is 3.75. The van der Waals surface area contributed by atoms with Crippen LogP contribution in [0, 0.1) is 5.92 Å². The number of hydrogen-bond acceptors (Lipinski definition) is 4. The van der Waals surface area contributed by atoms with Crippen molar-refractivity contribution >= 4 is 28.2 Å². The van der Waals surface area contributed by atoms with Crippen molar-refractivity contribution in [2.45, 2.75) is 90.6 Å². The first-order chi connectivity index (χ1) is 12.5. The standard InChI is InChI=1S/C21H31NO3S/c1-14(2)25-21(24)19-16-10-4-3-5-11-17(16)26-20(19)22-18(23)13-12-15-8-6-7-9-15/h14-15H,3-13H2,1-2H3,(H,22,23). The number of rotatable bonds is 6. The number of esters is 1. The van der Waals surface area contributed by atoms with Crippen molar-refractivity contribution in [3.05, 3.63) is 16.0 Å². The van der Waals surface area contributed by atoms with Crippen LogP contribution in [0.1, 0.15) is 92.4 Å². The van der Waals surface area contributed by atoms with E-state index in [-0.39, 0.29) is 18.0 Å². The van der Waals surface area contributed by atoms with Crippen molar-refractivity contribution in [2.75, 3.05) is 5.32 Å². The third-order valence-electron chi connectivity index (χ3n) is 5.48. The van der Waals surface area contributed by atoms with Gasteiger partial charge < -0.3 is 10.1 Å². The van der Waals surface area contributed by atoms with Gasteiger partial charge in [0.2, 0.25) is 5.91 Å². The molecule has 0 unspecified atom stereocenters. The molecule has 1 amide bonds. The van der Waals surface area contributed by atoms with E-state index >= 15 is 0 Å². The summed E-state index contributed by atoms with van der Waals surface area (Å²) in [6.45, 7) is 3.73. The summed E-state index contributed by atoms with van der Waals surface area (Å²) in [6, 6.07) is 0. The van der Waals surface area contributed by atoms with Gasteiger partial charge in [-0.15, -0.1) is 11.3 Å². The number of nitrogens with one attached hydrogen (secondary N) is 1. The van der Waals surface area contributed by atoms with Gasteiger partial charge in [-0.1, -0.05) is 32.1 Å². The highest BCUT2D eigenvalue weighted by Crippen LogP contribution is 2.38. The Bertz CT molecular complexity index is 644. The summed E-state index contributed by atoms with van der Waals surface area (Å²) in [6.07, 6.45) is 11.8. The van der Waals surface area contributed by atoms with E-state index in [9.17, 15) is 9.59 Å². The Kier molecular flexibility index (Phi) is 6.74. The minimum atomic E-state index is -0.287. The Labute approximate surface area is 160 Å². The fraction of sp³-hybridized carbons (Fsp3) is 0.714. The maximum absolute atomic E-state index is 12.7. The molecule has 144 valence electrons. The molecule has 0 saturated heterocycles. The van der Waals surface area contributed by atoms with Gasteiger partial charge in [0, 0.05) is 11.3 Å². The van der Waals surface area contributed by atoms with Crippen LogP contribution in [0.15, 0.2) is 0 Å². The number of amides is 1. The van der Waals surface area contributed by atoms with E-state index in [4.69, 9.17) is 4.74 Å². The summed E-state index contributed by atoms with van der Waals surface area (Å²) in [5.74, 6) is 0.448. The maximum atomic E-state index is 12.7. The lowest BCUT2D eigenvalue weighted by atomic mass is 10.0. The smallest absolute Gasteiger partial charge is 0.341 e. The number of aryl methyl sites for hydroxylation is 1. The Balaban J connectivity index is 1.74. The van der Waals surface area contributed by atoms with Gasteiger partial charge in [-0.3, -0.25) is 4.79 Å². The van der Waals surface area contributed by atoms with Gasteiger partial charge in [0.25, 0.3) is 0 Å². The Morgan fingerprint density at radius 1 is 1.12 bits per heavy atom. The van der Waals surface area contributed by atoms with Gasteiger partial charge in [0.1, 0.15) is 5.00 Å². The molecule has 2 aliphatic rings. The molecular formula is C21H31NO3S. The second-order valence-electron chi connectivity index (χ2n) is 7.96. The predicted molar refractivity (Wildman–Crippen MR) is 106 cm³/mol. The molecule has 1 heterocycles. The molecule has 1 aromatic rings. The summed E-state index contributed by atoms with van der Waals surface area (Å²) in [7, 11) is 0. The van der Waals surface area contributed by atoms with Crippen molar-refractivity contribution in [1.29, 1.82) is 0 Å². The molecule has 0 radical (unpaired) electrons. The zero-order valence-electron chi connectivity index (χ0n) is 16.1. The highest BCUT2D eigenvalue weighted by atomic mass is 32.1. The number of anilines is 1. The SMILES string of the molecule is CC(C)OC(=O)c1c(NC(=O)CCC2CCCC2)sc2c1CCCCC2. The molecule has 26 heavy (non-hydrogen) atoms. The van der Waals surface area contributed by atoms with Crippen LogP contribution in [0.25, 0.3) is 0 Å². The predicted octanol–water partition coefficient (Wildman–Crippen LogP) is 5.49. The van der Waals surface area contributed by atoms with E-state index in [0.717, 1.165) is 37.7 Å².